The Kier molecular flexibility index (Phi) is 7.11. The largest absolute Gasteiger partial charge is 0.306 e. The van der Waals surface area contributed by atoms with Gasteiger partial charge in [0.25, 0.3) is 0 Å². The van der Waals surface area contributed by atoms with E-state index in [-0.39, 0.29) is 28.7 Å². The smallest absolute Gasteiger partial charge is 0.222 e. The van der Waals surface area contributed by atoms with Gasteiger partial charge in [-0.25, -0.2) is 32.9 Å². The third kappa shape index (κ3) is 5.09. The van der Waals surface area contributed by atoms with Crippen LogP contribution in [-0.2, 0) is 10.0 Å². The highest BCUT2D eigenvalue weighted by Gasteiger charge is 2.29. The lowest BCUT2D eigenvalue weighted by atomic mass is 9.98. The number of sulfonamides is 1. The maximum atomic E-state index is 15.8. The summed E-state index contributed by atoms with van der Waals surface area (Å²) in [5.74, 6) is -0.380. The van der Waals surface area contributed by atoms with Crippen LogP contribution in [0, 0.1) is 5.82 Å². The molecule has 1 atom stereocenters. The van der Waals surface area contributed by atoms with Crippen molar-refractivity contribution in [3.8, 4) is 21.8 Å². The lowest BCUT2D eigenvalue weighted by molar-refractivity contribution is 0.255. The van der Waals surface area contributed by atoms with Gasteiger partial charge >= 0.3 is 0 Å². The van der Waals surface area contributed by atoms with Gasteiger partial charge in [0.2, 0.25) is 15.3 Å². The summed E-state index contributed by atoms with van der Waals surface area (Å²) in [5.41, 5.74) is 1.23. The van der Waals surface area contributed by atoms with E-state index < -0.39 is 21.1 Å². The minimum atomic E-state index is -3.98. The summed E-state index contributed by atoms with van der Waals surface area (Å²) in [6, 6.07) is 6.41. The third-order valence-electron chi connectivity index (χ3n) is 5.97. The van der Waals surface area contributed by atoms with E-state index in [0.717, 1.165) is 30.9 Å². The number of hydrogen-bond donors (Lipinski definition) is 1. The van der Waals surface area contributed by atoms with Crippen molar-refractivity contribution in [1.29, 1.82) is 0 Å². The van der Waals surface area contributed by atoms with Crippen LogP contribution in [0.25, 0.3) is 21.8 Å². The summed E-state index contributed by atoms with van der Waals surface area (Å²) < 4.78 is 40.0. The van der Waals surface area contributed by atoms with Crippen LogP contribution in [0.2, 0.25) is 5.28 Å². The summed E-state index contributed by atoms with van der Waals surface area (Å²) in [6.45, 7) is 3.59. The number of nitrogens with zero attached hydrogens (tertiary/aromatic N) is 4. The van der Waals surface area contributed by atoms with Crippen molar-refractivity contribution >= 4 is 33.0 Å². The van der Waals surface area contributed by atoms with Gasteiger partial charge in [0, 0.05) is 23.2 Å². The van der Waals surface area contributed by atoms with E-state index in [2.05, 4.69) is 21.9 Å². The number of rotatable bonds is 6. The molecule has 3 aromatic rings. The summed E-state index contributed by atoms with van der Waals surface area (Å²) in [5, 5.41) is 5.24. The van der Waals surface area contributed by atoms with Crippen LogP contribution in [0.5, 0.6) is 0 Å². The molecule has 0 aliphatic carbocycles. The van der Waals surface area contributed by atoms with Crippen LogP contribution in [0.4, 0.5) is 4.39 Å². The Balaban J connectivity index is 1.87. The predicted molar refractivity (Wildman–Crippen MR) is 129 cm³/mol. The Bertz CT molecular complexity index is 1260. The molecule has 0 radical (unpaired) electrons. The maximum Gasteiger partial charge on any atom is 0.222 e. The van der Waals surface area contributed by atoms with E-state index in [1.807, 2.05) is 0 Å². The zero-order valence-corrected chi connectivity index (χ0v) is 20.7. The Hall–Kier alpha value is -1.98. The van der Waals surface area contributed by atoms with Gasteiger partial charge in [0.1, 0.15) is 11.1 Å². The molecule has 0 saturated carbocycles. The molecule has 1 aliphatic heterocycles. The molecule has 7 nitrogen and oxygen atoms in total. The third-order valence-corrected chi connectivity index (χ3v) is 8.77. The van der Waals surface area contributed by atoms with Gasteiger partial charge in [-0.2, -0.15) is 0 Å². The number of piperidine rings is 1. The highest BCUT2D eigenvalue weighted by atomic mass is 35.5. The first-order valence-corrected chi connectivity index (χ1v) is 13.5. The molecule has 2 aromatic heterocycles. The second-order valence-electron chi connectivity index (χ2n) is 8.21. The van der Waals surface area contributed by atoms with Crippen LogP contribution in [0.15, 0.2) is 30.5 Å². The zero-order chi connectivity index (χ0) is 23.8. The van der Waals surface area contributed by atoms with E-state index in [1.54, 1.807) is 31.3 Å². The number of primary sulfonamides is 1. The van der Waals surface area contributed by atoms with Crippen LogP contribution < -0.4 is 5.14 Å². The molecule has 0 bridgehead atoms. The molecule has 0 spiro atoms. The Morgan fingerprint density at radius 2 is 2.00 bits per heavy atom. The predicted octanol–water partition coefficient (Wildman–Crippen LogP) is 4.61. The van der Waals surface area contributed by atoms with E-state index >= 15 is 4.39 Å². The van der Waals surface area contributed by atoms with Crippen molar-refractivity contribution in [2.24, 2.45) is 5.14 Å². The van der Waals surface area contributed by atoms with Crippen molar-refractivity contribution in [3.63, 3.8) is 0 Å². The van der Waals surface area contributed by atoms with Crippen LogP contribution in [-0.4, -0.2) is 48.4 Å². The molecule has 1 aliphatic rings. The number of benzene rings is 1. The van der Waals surface area contributed by atoms with Crippen LogP contribution >= 0.6 is 22.9 Å². The van der Waals surface area contributed by atoms with Gasteiger partial charge in [0.15, 0.2) is 0 Å². The molecule has 1 unspecified atom stereocenters. The van der Waals surface area contributed by atoms with Gasteiger partial charge in [0.05, 0.1) is 21.3 Å². The number of halogens is 2. The average molecular weight is 510 g/mol. The molecule has 2 N–H and O–H groups in total. The van der Waals surface area contributed by atoms with Crippen molar-refractivity contribution in [2.45, 2.75) is 37.4 Å². The van der Waals surface area contributed by atoms with E-state index in [1.165, 1.54) is 17.4 Å². The fourth-order valence-electron chi connectivity index (χ4n) is 4.19. The lowest BCUT2D eigenvalue weighted by Crippen LogP contribution is -2.29. The first-order chi connectivity index (χ1) is 15.7. The van der Waals surface area contributed by atoms with Crippen molar-refractivity contribution in [3.05, 3.63) is 52.1 Å². The van der Waals surface area contributed by atoms with Gasteiger partial charge in [-0.05, 0) is 63.1 Å². The molecule has 1 saturated heterocycles. The van der Waals surface area contributed by atoms with Crippen LogP contribution in [0.3, 0.4) is 0 Å². The standard InChI is InChI=1S/C22H25ClFN5O2S2/c1-3-17(33(25,30)31)14-5-4-6-15(18(14)24)19-20(16-7-10-26-22(23)27-16)32-21(28-19)13-8-11-29(2)12-9-13/h4-7,10,13,17H,3,8-9,11-12H2,1-2H3,(H2,25,30,31). The number of likely N-dealkylation sites (tertiary alicyclic amines) is 1. The van der Waals surface area contributed by atoms with Gasteiger partial charge < -0.3 is 4.90 Å². The zero-order valence-electron chi connectivity index (χ0n) is 18.3. The molecule has 0 amide bonds. The highest BCUT2D eigenvalue weighted by Crippen LogP contribution is 2.43. The SMILES string of the molecule is CCC(c1cccc(-c2nc(C3CCN(C)CC3)sc2-c2ccnc(Cl)n2)c1F)S(N)(=O)=O. The summed E-state index contributed by atoms with van der Waals surface area (Å²) in [6.07, 6.45) is 3.62. The normalized spacial score (nSPS) is 16.8. The van der Waals surface area contributed by atoms with E-state index in [0.29, 0.717) is 16.3 Å². The fourth-order valence-corrected chi connectivity index (χ4v) is 6.56. The van der Waals surface area contributed by atoms with Gasteiger partial charge in [-0.3, -0.25) is 0 Å². The fraction of sp³-hybridized carbons (Fsp3) is 0.409. The quantitative estimate of drug-likeness (QED) is 0.487. The van der Waals surface area contributed by atoms with Crippen molar-refractivity contribution in [2.75, 3.05) is 20.1 Å². The Labute approximate surface area is 201 Å². The Morgan fingerprint density at radius 3 is 2.64 bits per heavy atom. The maximum absolute atomic E-state index is 15.8. The minimum absolute atomic E-state index is 0.0398. The lowest BCUT2D eigenvalue weighted by Gasteiger charge is -2.27. The monoisotopic (exact) mass is 509 g/mol. The molecule has 33 heavy (non-hydrogen) atoms. The molecule has 11 heteroatoms. The molecule has 4 rings (SSSR count). The summed E-state index contributed by atoms with van der Waals surface area (Å²) in [4.78, 5) is 16.1. The first-order valence-electron chi connectivity index (χ1n) is 10.7. The van der Waals surface area contributed by atoms with Crippen molar-refractivity contribution < 1.29 is 12.8 Å². The van der Waals surface area contributed by atoms with Gasteiger partial charge in [-0.1, -0.05) is 19.1 Å². The van der Waals surface area contributed by atoms with E-state index in [9.17, 15) is 8.42 Å². The number of hydrogen-bond acceptors (Lipinski definition) is 7. The molecule has 3 heterocycles. The number of nitrogens with two attached hydrogens (primary N) is 1. The summed E-state index contributed by atoms with van der Waals surface area (Å²) >= 11 is 7.50. The van der Waals surface area contributed by atoms with Gasteiger partial charge in [-0.15, -0.1) is 11.3 Å². The minimum Gasteiger partial charge on any atom is -0.306 e. The highest BCUT2D eigenvalue weighted by molar-refractivity contribution is 7.89. The molecule has 1 fully saturated rings. The topological polar surface area (TPSA) is 102 Å². The number of aromatic nitrogens is 3. The molecular weight excluding hydrogens is 485 g/mol. The molecule has 1 aromatic carbocycles. The second kappa shape index (κ2) is 9.71. The first kappa shape index (κ1) is 24.2. The summed E-state index contributed by atoms with van der Waals surface area (Å²) in [7, 11) is -1.88. The second-order valence-corrected chi connectivity index (χ2v) is 11.3. The van der Waals surface area contributed by atoms with Crippen LogP contribution in [0.1, 0.15) is 47.9 Å². The van der Waals surface area contributed by atoms with E-state index in [4.69, 9.17) is 21.7 Å². The average Bonchev–Trinajstić information content (AvgIpc) is 3.20. The molecule has 176 valence electrons. The van der Waals surface area contributed by atoms with Crippen molar-refractivity contribution in [1.82, 2.24) is 19.9 Å². The molecular formula is C22H25ClFN5O2S2. The number of thiazole rings is 1. The Morgan fingerprint density at radius 1 is 1.27 bits per heavy atom.